The van der Waals surface area contributed by atoms with Crippen LogP contribution in [0.15, 0.2) is 54.3 Å². The average molecular weight is 272 g/mol. The minimum absolute atomic E-state index is 0.0114. The molecule has 1 aromatic rings. The lowest BCUT2D eigenvalue weighted by atomic mass is 10.0. The van der Waals surface area contributed by atoms with E-state index in [0.29, 0.717) is 11.8 Å². The standard InChI is InChI=1S/C16H16O4/c1-11(7-8-15(18)12(2)10-17)13-5-4-6-14(9-13)16(19)20-3/h4-10,18H,2H2,1,3H3/b11-7+,15-8+. The largest absolute Gasteiger partial charge is 0.507 e. The van der Waals surface area contributed by atoms with Gasteiger partial charge in [-0.25, -0.2) is 4.79 Å². The van der Waals surface area contributed by atoms with Crippen LogP contribution in [-0.2, 0) is 9.53 Å². The molecule has 0 aromatic heterocycles. The number of allylic oxidation sites excluding steroid dienone is 4. The Morgan fingerprint density at radius 3 is 2.55 bits per heavy atom. The number of carbonyl (C=O) groups excluding carboxylic acids is 2. The Morgan fingerprint density at radius 1 is 1.30 bits per heavy atom. The van der Waals surface area contributed by atoms with Gasteiger partial charge in [-0.3, -0.25) is 4.79 Å². The van der Waals surface area contributed by atoms with Crippen molar-refractivity contribution in [2.75, 3.05) is 7.11 Å². The number of hydrogen-bond acceptors (Lipinski definition) is 4. The van der Waals surface area contributed by atoms with Crippen molar-refractivity contribution in [1.82, 2.24) is 0 Å². The molecular formula is C16H16O4. The molecule has 0 radical (unpaired) electrons. The SMILES string of the molecule is C=C(C=O)/C(O)=C\C=C(/C)c1cccc(C(=O)OC)c1. The summed E-state index contributed by atoms with van der Waals surface area (Å²) in [5.41, 5.74) is 2.09. The Kier molecular flexibility index (Phi) is 5.47. The summed E-state index contributed by atoms with van der Waals surface area (Å²) < 4.78 is 4.65. The predicted molar refractivity (Wildman–Crippen MR) is 77.3 cm³/mol. The van der Waals surface area contributed by atoms with Crippen molar-refractivity contribution >= 4 is 17.8 Å². The van der Waals surface area contributed by atoms with Crippen molar-refractivity contribution in [3.63, 3.8) is 0 Å². The maximum atomic E-state index is 11.4. The number of hydrogen-bond donors (Lipinski definition) is 1. The van der Waals surface area contributed by atoms with Crippen LogP contribution in [0.2, 0.25) is 0 Å². The van der Waals surface area contributed by atoms with Crippen LogP contribution in [0.5, 0.6) is 0 Å². The van der Waals surface area contributed by atoms with Gasteiger partial charge in [-0.05, 0) is 36.3 Å². The number of ether oxygens (including phenoxy) is 1. The van der Waals surface area contributed by atoms with Gasteiger partial charge in [0.15, 0.2) is 6.29 Å². The summed E-state index contributed by atoms with van der Waals surface area (Å²) in [4.78, 5) is 21.9. The van der Waals surface area contributed by atoms with Gasteiger partial charge in [0.1, 0.15) is 5.76 Å². The Hall–Kier alpha value is -2.62. The van der Waals surface area contributed by atoms with Crippen LogP contribution < -0.4 is 0 Å². The molecule has 0 aliphatic carbocycles. The monoisotopic (exact) mass is 272 g/mol. The highest BCUT2D eigenvalue weighted by molar-refractivity contribution is 5.90. The molecule has 0 unspecified atom stereocenters. The molecule has 1 rings (SSSR count). The predicted octanol–water partition coefficient (Wildman–Crippen LogP) is 3.07. The first-order valence-electron chi connectivity index (χ1n) is 5.90. The molecule has 4 nitrogen and oxygen atoms in total. The summed E-state index contributed by atoms with van der Waals surface area (Å²) in [6.45, 7) is 5.22. The lowest BCUT2D eigenvalue weighted by molar-refractivity contribution is -0.104. The summed E-state index contributed by atoms with van der Waals surface area (Å²) in [6, 6.07) is 6.92. The molecule has 0 amide bonds. The molecule has 4 heteroatoms. The van der Waals surface area contributed by atoms with Crippen molar-refractivity contribution in [2.24, 2.45) is 0 Å². The number of aldehydes is 1. The van der Waals surface area contributed by atoms with Crippen LogP contribution >= 0.6 is 0 Å². The number of benzene rings is 1. The van der Waals surface area contributed by atoms with E-state index in [2.05, 4.69) is 11.3 Å². The van der Waals surface area contributed by atoms with Crippen molar-refractivity contribution in [1.29, 1.82) is 0 Å². The van der Waals surface area contributed by atoms with Gasteiger partial charge in [0.2, 0.25) is 0 Å². The normalized spacial score (nSPS) is 11.9. The van der Waals surface area contributed by atoms with Gasteiger partial charge < -0.3 is 9.84 Å². The molecule has 0 heterocycles. The smallest absolute Gasteiger partial charge is 0.337 e. The molecule has 0 bridgehead atoms. The van der Waals surface area contributed by atoms with Gasteiger partial charge in [0.05, 0.1) is 12.7 Å². The van der Waals surface area contributed by atoms with E-state index in [1.807, 2.05) is 13.0 Å². The second-order valence-electron chi connectivity index (χ2n) is 4.12. The summed E-state index contributed by atoms with van der Waals surface area (Å²) in [5, 5.41) is 9.51. The third-order valence-corrected chi connectivity index (χ3v) is 2.70. The zero-order valence-electron chi connectivity index (χ0n) is 11.4. The second kappa shape index (κ2) is 7.09. The molecule has 0 aliphatic rings. The van der Waals surface area contributed by atoms with Gasteiger partial charge in [-0.2, -0.15) is 0 Å². The van der Waals surface area contributed by atoms with Crippen LogP contribution in [-0.4, -0.2) is 24.5 Å². The highest BCUT2D eigenvalue weighted by Gasteiger charge is 2.06. The average Bonchev–Trinajstić information content (AvgIpc) is 2.50. The number of carbonyl (C=O) groups is 2. The van der Waals surface area contributed by atoms with Crippen LogP contribution in [0.3, 0.4) is 0 Å². The fraction of sp³-hybridized carbons (Fsp3) is 0.125. The van der Waals surface area contributed by atoms with E-state index in [9.17, 15) is 14.7 Å². The topological polar surface area (TPSA) is 63.6 Å². The number of esters is 1. The summed E-state index contributed by atoms with van der Waals surface area (Å²) >= 11 is 0. The summed E-state index contributed by atoms with van der Waals surface area (Å²) in [6.07, 6.45) is 3.50. The van der Waals surface area contributed by atoms with Crippen LogP contribution in [0.1, 0.15) is 22.8 Å². The molecule has 0 saturated heterocycles. The first kappa shape index (κ1) is 15.4. The fourth-order valence-corrected chi connectivity index (χ4v) is 1.48. The first-order chi connectivity index (χ1) is 9.49. The quantitative estimate of drug-likeness (QED) is 0.294. The Bertz CT molecular complexity index is 594. The number of rotatable bonds is 5. The number of aliphatic hydroxyl groups is 1. The zero-order valence-corrected chi connectivity index (χ0v) is 11.4. The van der Waals surface area contributed by atoms with Crippen molar-refractivity contribution < 1.29 is 19.4 Å². The molecule has 20 heavy (non-hydrogen) atoms. The molecule has 0 aliphatic heterocycles. The molecule has 0 saturated carbocycles. The van der Waals surface area contributed by atoms with E-state index in [1.165, 1.54) is 13.2 Å². The first-order valence-corrected chi connectivity index (χ1v) is 5.90. The maximum absolute atomic E-state index is 11.4. The van der Waals surface area contributed by atoms with E-state index in [-0.39, 0.29) is 11.3 Å². The third-order valence-electron chi connectivity index (χ3n) is 2.70. The van der Waals surface area contributed by atoms with Gasteiger partial charge in [-0.1, -0.05) is 24.8 Å². The molecule has 0 atom stereocenters. The van der Waals surface area contributed by atoms with Gasteiger partial charge in [0, 0.05) is 5.57 Å². The lowest BCUT2D eigenvalue weighted by Crippen LogP contribution is -2.01. The fourth-order valence-electron chi connectivity index (χ4n) is 1.48. The van der Waals surface area contributed by atoms with E-state index < -0.39 is 5.97 Å². The van der Waals surface area contributed by atoms with E-state index in [1.54, 1.807) is 24.3 Å². The molecule has 0 spiro atoms. The van der Waals surface area contributed by atoms with Crippen LogP contribution in [0.4, 0.5) is 0 Å². The molecule has 1 N–H and O–H groups in total. The van der Waals surface area contributed by atoms with E-state index >= 15 is 0 Å². The molecular weight excluding hydrogens is 256 g/mol. The highest BCUT2D eigenvalue weighted by atomic mass is 16.5. The van der Waals surface area contributed by atoms with Gasteiger partial charge in [0.25, 0.3) is 0 Å². The van der Waals surface area contributed by atoms with Crippen LogP contribution in [0, 0.1) is 0 Å². The minimum Gasteiger partial charge on any atom is -0.507 e. The van der Waals surface area contributed by atoms with Gasteiger partial charge in [-0.15, -0.1) is 0 Å². The third kappa shape index (κ3) is 3.95. The van der Waals surface area contributed by atoms with Crippen molar-refractivity contribution in [3.8, 4) is 0 Å². The minimum atomic E-state index is -0.410. The second-order valence-corrected chi connectivity index (χ2v) is 4.12. The van der Waals surface area contributed by atoms with Crippen molar-refractivity contribution in [3.05, 3.63) is 65.5 Å². The zero-order chi connectivity index (χ0) is 15.1. The lowest BCUT2D eigenvalue weighted by Gasteiger charge is -2.04. The molecule has 1 aromatic carbocycles. The van der Waals surface area contributed by atoms with E-state index in [4.69, 9.17) is 0 Å². The van der Waals surface area contributed by atoms with Gasteiger partial charge >= 0.3 is 5.97 Å². The summed E-state index contributed by atoms with van der Waals surface area (Å²) in [5.74, 6) is -0.601. The summed E-state index contributed by atoms with van der Waals surface area (Å²) in [7, 11) is 1.32. The Labute approximate surface area is 117 Å². The van der Waals surface area contributed by atoms with E-state index in [0.717, 1.165) is 11.1 Å². The highest BCUT2D eigenvalue weighted by Crippen LogP contribution is 2.16. The molecule has 0 fully saturated rings. The van der Waals surface area contributed by atoms with Crippen molar-refractivity contribution in [2.45, 2.75) is 6.92 Å². The Balaban J connectivity index is 3.03. The molecule has 104 valence electrons. The maximum Gasteiger partial charge on any atom is 0.337 e. The number of methoxy groups -OCH3 is 1. The Morgan fingerprint density at radius 2 is 1.95 bits per heavy atom. The number of aliphatic hydroxyl groups excluding tert-OH is 1. The van der Waals surface area contributed by atoms with Crippen LogP contribution in [0.25, 0.3) is 5.57 Å².